The Morgan fingerprint density at radius 1 is 1.07 bits per heavy atom. The van der Waals surface area contributed by atoms with Gasteiger partial charge in [0.25, 0.3) is 5.56 Å². The zero-order valence-corrected chi connectivity index (χ0v) is 10.0. The van der Waals surface area contributed by atoms with Crippen LogP contribution >= 0.6 is 0 Å². The second kappa shape index (κ2) is 4.34. The molecular formula is C12H18N2O. The molecule has 0 amide bonds. The van der Waals surface area contributed by atoms with Crippen molar-refractivity contribution in [1.82, 2.24) is 9.36 Å². The number of aryl methyl sites for hydroxylation is 2. The summed E-state index contributed by atoms with van der Waals surface area (Å²) in [6.45, 7) is 5.96. The molecule has 0 spiro atoms. The molecule has 2 rings (SSSR count). The van der Waals surface area contributed by atoms with Crippen molar-refractivity contribution in [2.24, 2.45) is 14.1 Å². The highest BCUT2D eigenvalue weighted by Crippen LogP contribution is 2.13. The molecule has 15 heavy (non-hydrogen) atoms. The molecule has 0 bridgehead atoms. The van der Waals surface area contributed by atoms with Crippen molar-refractivity contribution in [3.05, 3.63) is 34.1 Å². The highest BCUT2D eigenvalue weighted by molar-refractivity contribution is 5.81. The smallest absolute Gasteiger partial charge is 0.274 e. The van der Waals surface area contributed by atoms with Crippen LogP contribution in [0.2, 0.25) is 0 Å². The van der Waals surface area contributed by atoms with Crippen molar-refractivity contribution in [1.29, 1.82) is 0 Å². The molecule has 1 heterocycles. The van der Waals surface area contributed by atoms with E-state index in [2.05, 4.69) is 0 Å². The van der Waals surface area contributed by atoms with E-state index in [4.69, 9.17) is 0 Å². The first kappa shape index (κ1) is 11.6. The first-order valence-electron chi connectivity index (χ1n) is 5.24. The Morgan fingerprint density at radius 2 is 1.67 bits per heavy atom. The van der Waals surface area contributed by atoms with Gasteiger partial charge in [0.2, 0.25) is 0 Å². The van der Waals surface area contributed by atoms with Crippen LogP contribution in [0.1, 0.15) is 19.4 Å². The van der Waals surface area contributed by atoms with Crippen molar-refractivity contribution in [3.8, 4) is 0 Å². The van der Waals surface area contributed by atoms with E-state index in [1.54, 1.807) is 11.7 Å². The van der Waals surface area contributed by atoms with Crippen LogP contribution < -0.4 is 5.56 Å². The fourth-order valence-corrected chi connectivity index (χ4v) is 1.66. The van der Waals surface area contributed by atoms with Gasteiger partial charge in [-0.15, -0.1) is 0 Å². The van der Waals surface area contributed by atoms with Crippen LogP contribution in [0, 0.1) is 6.92 Å². The van der Waals surface area contributed by atoms with Gasteiger partial charge in [0.1, 0.15) is 0 Å². The highest BCUT2D eigenvalue weighted by atomic mass is 16.1. The fraction of sp³-hybridized carbons (Fsp3) is 0.417. The molecule has 0 unspecified atom stereocenters. The monoisotopic (exact) mass is 206 g/mol. The van der Waals surface area contributed by atoms with Crippen LogP contribution in [-0.4, -0.2) is 9.36 Å². The maximum Gasteiger partial charge on any atom is 0.274 e. The summed E-state index contributed by atoms with van der Waals surface area (Å²) in [5.41, 5.74) is 2.11. The molecule has 0 atom stereocenters. The van der Waals surface area contributed by atoms with Gasteiger partial charge in [-0.1, -0.05) is 26.0 Å². The molecule has 3 heteroatoms. The summed E-state index contributed by atoms with van der Waals surface area (Å²) < 4.78 is 3.49. The van der Waals surface area contributed by atoms with Gasteiger partial charge in [-0.25, -0.2) is 0 Å². The molecule has 2 aromatic rings. The highest BCUT2D eigenvalue weighted by Gasteiger charge is 2.08. The molecule has 1 aromatic carbocycles. The molecule has 0 saturated heterocycles. The van der Waals surface area contributed by atoms with Crippen molar-refractivity contribution >= 4 is 10.9 Å². The van der Waals surface area contributed by atoms with E-state index in [0.717, 1.165) is 16.5 Å². The molecule has 82 valence electrons. The second-order valence-corrected chi connectivity index (χ2v) is 3.32. The van der Waals surface area contributed by atoms with Crippen LogP contribution in [0.5, 0.6) is 0 Å². The van der Waals surface area contributed by atoms with E-state index >= 15 is 0 Å². The van der Waals surface area contributed by atoms with Gasteiger partial charge in [0.15, 0.2) is 0 Å². The third-order valence-electron chi connectivity index (χ3n) is 2.56. The van der Waals surface area contributed by atoms with Crippen molar-refractivity contribution in [2.45, 2.75) is 20.8 Å². The molecule has 0 aliphatic rings. The average molecular weight is 206 g/mol. The predicted molar refractivity (Wildman–Crippen MR) is 64.2 cm³/mol. The van der Waals surface area contributed by atoms with Crippen molar-refractivity contribution in [3.63, 3.8) is 0 Å². The minimum atomic E-state index is 0.0793. The maximum absolute atomic E-state index is 11.7. The molecule has 0 fully saturated rings. The Morgan fingerprint density at radius 3 is 2.20 bits per heavy atom. The van der Waals surface area contributed by atoms with Crippen LogP contribution in [0.3, 0.4) is 0 Å². The molecule has 0 N–H and O–H groups in total. The van der Waals surface area contributed by atoms with E-state index in [9.17, 15) is 4.79 Å². The van der Waals surface area contributed by atoms with Gasteiger partial charge in [-0.2, -0.15) is 0 Å². The van der Waals surface area contributed by atoms with Crippen LogP contribution in [0.15, 0.2) is 23.0 Å². The molecule has 3 nitrogen and oxygen atoms in total. The zero-order chi connectivity index (χ0) is 11.6. The summed E-state index contributed by atoms with van der Waals surface area (Å²) in [5, 5.41) is 0.826. The largest absolute Gasteiger partial charge is 0.285 e. The Labute approximate surface area is 89.9 Å². The topological polar surface area (TPSA) is 26.9 Å². The lowest BCUT2D eigenvalue weighted by Crippen LogP contribution is -2.16. The van der Waals surface area contributed by atoms with E-state index < -0.39 is 0 Å². The first-order chi connectivity index (χ1) is 7.13. The number of rotatable bonds is 0. The van der Waals surface area contributed by atoms with Gasteiger partial charge in [-0.3, -0.25) is 14.2 Å². The molecule has 0 radical (unpaired) electrons. The van der Waals surface area contributed by atoms with Gasteiger partial charge in [-0.05, 0) is 18.6 Å². The Kier molecular flexibility index (Phi) is 3.35. The van der Waals surface area contributed by atoms with E-state index in [1.807, 2.05) is 50.7 Å². The Balaban J connectivity index is 0.000000531. The summed E-state index contributed by atoms with van der Waals surface area (Å²) in [6.07, 6.45) is 0. The van der Waals surface area contributed by atoms with E-state index in [0.29, 0.717) is 0 Å². The maximum atomic E-state index is 11.7. The number of hydrogen-bond acceptors (Lipinski definition) is 1. The van der Waals surface area contributed by atoms with Gasteiger partial charge in [0, 0.05) is 14.1 Å². The lowest BCUT2D eigenvalue weighted by Gasteiger charge is -1.99. The van der Waals surface area contributed by atoms with Crippen LogP contribution in [0.4, 0.5) is 0 Å². The molecular weight excluding hydrogens is 188 g/mol. The Hall–Kier alpha value is -1.51. The van der Waals surface area contributed by atoms with Crippen molar-refractivity contribution in [2.75, 3.05) is 0 Å². The number of benzene rings is 1. The van der Waals surface area contributed by atoms with Gasteiger partial charge >= 0.3 is 0 Å². The summed E-state index contributed by atoms with van der Waals surface area (Å²) >= 11 is 0. The molecule has 0 aliphatic heterocycles. The Bertz CT molecular complexity index is 520. The van der Waals surface area contributed by atoms with E-state index in [-0.39, 0.29) is 5.56 Å². The quantitative estimate of drug-likeness (QED) is 0.649. The SMILES string of the molecule is CC.Cc1cccc2c1c(=O)n(C)n2C. The number of nitrogens with zero attached hydrogens (tertiary/aromatic N) is 2. The standard InChI is InChI=1S/C10H12N2O.C2H6/c1-7-5-4-6-8-9(7)10(13)12(3)11(8)2;1-2/h4-6H,1-3H3;1-2H3. The lowest BCUT2D eigenvalue weighted by molar-refractivity contribution is 0.595. The second-order valence-electron chi connectivity index (χ2n) is 3.32. The molecule has 0 aliphatic carbocycles. The molecule has 0 saturated carbocycles. The molecule has 1 aromatic heterocycles. The van der Waals surface area contributed by atoms with Gasteiger partial charge < -0.3 is 0 Å². The van der Waals surface area contributed by atoms with E-state index in [1.165, 1.54) is 0 Å². The summed E-state index contributed by atoms with van der Waals surface area (Å²) in [6, 6.07) is 5.89. The van der Waals surface area contributed by atoms with Crippen LogP contribution in [-0.2, 0) is 14.1 Å². The number of aromatic nitrogens is 2. The third-order valence-corrected chi connectivity index (χ3v) is 2.56. The minimum absolute atomic E-state index is 0.0793. The predicted octanol–water partition coefficient (Wildman–Crippen LogP) is 2.21. The number of fused-ring (bicyclic) bond motifs is 1. The minimum Gasteiger partial charge on any atom is -0.285 e. The van der Waals surface area contributed by atoms with Gasteiger partial charge in [0.05, 0.1) is 10.9 Å². The van der Waals surface area contributed by atoms with Crippen molar-refractivity contribution < 1.29 is 0 Å². The lowest BCUT2D eigenvalue weighted by atomic mass is 10.1. The summed E-state index contributed by atoms with van der Waals surface area (Å²) in [7, 11) is 3.67. The average Bonchev–Trinajstić information content (AvgIpc) is 2.48. The van der Waals surface area contributed by atoms with Crippen LogP contribution in [0.25, 0.3) is 10.9 Å². The fourth-order valence-electron chi connectivity index (χ4n) is 1.66. The zero-order valence-electron chi connectivity index (χ0n) is 10.0. The summed E-state index contributed by atoms with van der Waals surface area (Å²) in [5.74, 6) is 0. The summed E-state index contributed by atoms with van der Waals surface area (Å²) in [4.78, 5) is 11.7. The number of hydrogen-bond donors (Lipinski definition) is 0. The first-order valence-corrected chi connectivity index (χ1v) is 5.24. The third kappa shape index (κ3) is 1.69. The normalized spacial score (nSPS) is 9.93.